The second-order valence-electron chi connectivity index (χ2n) is 13.7. The quantitative estimate of drug-likeness (QED) is 0.199. The number of hydrogen-bond donors (Lipinski definition) is 0. The minimum absolute atomic E-state index is 0.254. The Balaban J connectivity index is 1.20. The van der Waals surface area contributed by atoms with Gasteiger partial charge in [-0.05, 0) is 71.4 Å². The van der Waals surface area contributed by atoms with Gasteiger partial charge in [0.05, 0.1) is 11.0 Å². The van der Waals surface area contributed by atoms with E-state index in [1.807, 2.05) is 18.2 Å². The predicted molar refractivity (Wildman–Crippen MR) is 188 cm³/mol. The molecule has 2 aliphatic rings. The molecular formula is C42H36N4. The minimum atomic E-state index is 0.254. The van der Waals surface area contributed by atoms with Gasteiger partial charge in [-0.1, -0.05) is 129 Å². The van der Waals surface area contributed by atoms with Crippen LogP contribution < -0.4 is 0 Å². The molecule has 4 heteroatoms. The van der Waals surface area contributed by atoms with E-state index in [4.69, 9.17) is 15.0 Å². The largest absolute Gasteiger partial charge is 0.278 e. The molecule has 2 fully saturated rings. The monoisotopic (exact) mass is 596 g/mol. The maximum Gasteiger partial charge on any atom is 0.238 e. The third kappa shape index (κ3) is 4.63. The van der Waals surface area contributed by atoms with Crippen molar-refractivity contribution in [2.75, 3.05) is 0 Å². The van der Waals surface area contributed by atoms with E-state index in [1.165, 1.54) is 59.6 Å². The molecule has 2 atom stereocenters. The number of para-hydroxylation sites is 1. The van der Waals surface area contributed by atoms with Crippen LogP contribution in [0.4, 0.5) is 0 Å². The predicted octanol–water partition coefficient (Wildman–Crippen LogP) is 10.4. The van der Waals surface area contributed by atoms with E-state index in [0.29, 0.717) is 17.6 Å². The van der Waals surface area contributed by atoms with Gasteiger partial charge in [0.25, 0.3) is 0 Å². The zero-order chi connectivity index (χ0) is 30.7. The highest BCUT2D eigenvalue weighted by atomic mass is 15.2. The van der Waals surface area contributed by atoms with E-state index < -0.39 is 0 Å². The number of benzene rings is 5. The first-order chi connectivity index (χ1) is 22.6. The van der Waals surface area contributed by atoms with Crippen LogP contribution in [0.15, 0.2) is 127 Å². The summed E-state index contributed by atoms with van der Waals surface area (Å²) in [6.07, 6.45) is 6.85. The lowest BCUT2D eigenvalue weighted by Gasteiger charge is -2.38. The number of aromatic nitrogens is 4. The van der Waals surface area contributed by atoms with Crippen molar-refractivity contribution in [2.24, 2.45) is 11.8 Å². The Hall–Kier alpha value is -5.09. The highest BCUT2D eigenvalue weighted by Crippen LogP contribution is 2.51. The van der Waals surface area contributed by atoms with Gasteiger partial charge in [0.15, 0.2) is 11.6 Å². The molecule has 5 aromatic carbocycles. The van der Waals surface area contributed by atoms with Crippen LogP contribution in [0.25, 0.3) is 61.7 Å². The smallest absolute Gasteiger partial charge is 0.238 e. The van der Waals surface area contributed by atoms with Crippen LogP contribution >= 0.6 is 0 Å². The first kappa shape index (κ1) is 27.2. The number of nitrogens with zero attached hydrogens (tertiary/aromatic N) is 4. The van der Waals surface area contributed by atoms with Gasteiger partial charge in [-0.15, -0.1) is 0 Å². The fraction of sp³-hybridized carbons (Fsp3) is 0.214. The summed E-state index contributed by atoms with van der Waals surface area (Å²) in [7, 11) is 0. The zero-order valence-corrected chi connectivity index (χ0v) is 26.1. The van der Waals surface area contributed by atoms with E-state index in [1.54, 1.807) is 0 Å². The Morgan fingerprint density at radius 2 is 1.11 bits per heavy atom. The van der Waals surface area contributed by atoms with E-state index in [-0.39, 0.29) is 5.41 Å². The molecule has 7 aromatic rings. The summed E-state index contributed by atoms with van der Waals surface area (Å²) in [5, 5.41) is 2.36. The third-order valence-electron chi connectivity index (χ3n) is 10.6. The van der Waals surface area contributed by atoms with Crippen molar-refractivity contribution in [3.8, 4) is 39.9 Å². The lowest BCUT2D eigenvalue weighted by Crippen LogP contribution is -2.30. The molecule has 2 heterocycles. The standard InChI is InChI=1S/C42H36N4/c1-42(26-28-16-17-29(24-28)27-42)34-21-18-32(19-22-34)40-43-39(31-12-6-3-7-13-31)44-41(45-40)46-37-15-9-8-14-35(37)36-25-33(20-23-38(36)46)30-10-4-2-5-11-30/h2-15,18-23,25,28-29H,16-17,24,26-27H2,1H3/t28-,29-/m1/s1. The Labute approximate surface area is 269 Å². The van der Waals surface area contributed by atoms with Crippen LogP contribution in [0.2, 0.25) is 0 Å². The maximum atomic E-state index is 5.19. The molecule has 0 saturated heterocycles. The van der Waals surface area contributed by atoms with E-state index in [2.05, 4.69) is 121 Å². The zero-order valence-electron chi connectivity index (χ0n) is 26.1. The molecule has 0 unspecified atom stereocenters. The minimum Gasteiger partial charge on any atom is -0.278 e. The van der Waals surface area contributed by atoms with Crippen molar-refractivity contribution < 1.29 is 0 Å². The van der Waals surface area contributed by atoms with Crippen molar-refractivity contribution >= 4 is 21.8 Å². The fourth-order valence-corrected chi connectivity index (χ4v) is 8.47. The third-order valence-corrected chi connectivity index (χ3v) is 10.6. The highest BCUT2D eigenvalue weighted by molar-refractivity contribution is 6.10. The van der Waals surface area contributed by atoms with Crippen molar-refractivity contribution in [3.05, 3.63) is 133 Å². The van der Waals surface area contributed by atoms with Gasteiger partial charge >= 0.3 is 0 Å². The van der Waals surface area contributed by atoms with Crippen LogP contribution in [0.5, 0.6) is 0 Å². The van der Waals surface area contributed by atoms with Crippen molar-refractivity contribution in [1.29, 1.82) is 0 Å². The SMILES string of the molecule is CC1(c2ccc(-c3nc(-c4ccccc4)nc(-n4c5ccccc5c5cc(-c6ccccc6)ccc54)n3)cc2)C[C@@H]2CC[C@H](C2)C1. The fourth-order valence-electron chi connectivity index (χ4n) is 8.47. The molecule has 2 bridgehead atoms. The van der Waals surface area contributed by atoms with E-state index in [0.717, 1.165) is 34.0 Å². The molecular weight excluding hydrogens is 560 g/mol. The van der Waals surface area contributed by atoms with Crippen molar-refractivity contribution in [3.63, 3.8) is 0 Å². The lowest BCUT2D eigenvalue weighted by molar-refractivity contribution is 0.232. The van der Waals surface area contributed by atoms with Crippen LogP contribution in [-0.2, 0) is 5.41 Å². The average molecular weight is 597 g/mol. The van der Waals surface area contributed by atoms with Crippen LogP contribution in [0.1, 0.15) is 44.6 Å². The van der Waals surface area contributed by atoms with Crippen LogP contribution in [-0.4, -0.2) is 19.5 Å². The topological polar surface area (TPSA) is 43.6 Å². The van der Waals surface area contributed by atoms with E-state index in [9.17, 15) is 0 Å². The molecule has 0 radical (unpaired) electrons. The molecule has 2 aliphatic carbocycles. The maximum absolute atomic E-state index is 5.19. The number of fused-ring (bicyclic) bond motifs is 5. The Morgan fingerprint density at radius 3 is 1.80 bits per heavy atom. The van der Waals surface area contributed by atoms with Gasteiger partial charge < -0.3 is 0 Å². The molecule has 0 amide bonds. The highest BCUT2D eigenvalue weighted by Gasteiger charge is 2.41. The Morgan fingerprint density at radius 1 is 0.543 bits per heavy atom. The summed E-state index contributed by atoms with van der Waals surface area (Å²) in [5.74, 6) is 3.77. The molecule has 0 N–H and O–H groups in total. The summed E-state index contributed by atoms with van der Waals surface area (Å²) in [5.41, 5.74) is 8.23. The van der Waals surface area contributed by atoms with Gasteiger partial charge in [0.2, 0.25) is 5.95 Å². The molecule has 4 nitrogen and oxygen atoms in total. The van der Waals surface area contributed by atoms with Crippen molar-refractivity contribution in [2.45, 2.75) is 44.4 Å². The lowest BCUT2D eigenvalue weighted by atomic mass is 9.66. The summed E-state index contributed by atoms with van der Waals surface area (Å²) in [6, 6.07) is 45.2. The second kappa shape index (κ2) is 10.8. The first-order valence-corrected chi connectivity index (χ1v) is 16.6. The van der Waals surface area contributed by atoms with Crippen LogP contribution in [0.3, 0.4) is 0 Å². The molecule has 2 aromatic heterocycles. The number of rotatable bonds is 5. The number of hydrogen-bond acceptors (Lipinski definition) is 3. The summed E-state index contributed by atoms with van der Waals surface area (Å²) >= 11 is 0. The molecule has 224 valence electrons. The average Bonchev–Trinajstić information content (AvgIpc) is 3.64. The first-order valence-electron chi connectivity index (χ1n) is 16.6. The molecule has 9 rings (SSSR count). The van der Waals surface area contributed by atoms with Gasteiger partial charge in [0.1, 0.15) is 0 Å². The summed E-state index contributed by atoms with van der Waals surface area (Å²) < 4.78 is 2.20. The second-order valence-corrected chi connectivity index (χ2v) is 13.7. The van der Waals surface area contributed by atoms with Gasteiger partial charge in [-0.2, -0.15) is 9.97 Å². The van der Waals surface area contributed by atoms with Gasteiger partial charge in [0, 0.05) is 21.9 Å². The summed E-state index contributed by atoms with van der Waals surface area (Å²) in [4.78, 5) is 15.4. The summed E-state index contributed by atoms with van der Waals surface area (Å²) in [6.45, 7) is 2.48. The molecule has 2 saturated carbocycles. The van der Waals surface area contributed by atoms with Crippen LogP contribution in [0, 0.1) is 11.8 Å². The van der Waals surface area contributed by atoms with Gasteiger partial charge in [-0.3, -0.25) is 4.57 Å². The molecule has 46 heavy (non-hydrogen) atoms. The van der Waals surface area contributed by atoms with Gasteiger partial charge in [-0.25, -0.2) is 4.98 Å². The Kier molecular flexibility index (Phi) is 6.38. The van der Waals surface area contributed by atoms with E-state index >= 15 is 0 Å². The normalized spacial score (nSPS) is 20.8. The molecule has 0 aliphatic heterocycles. The Bertz CT molecular complexity index is 2190. The van der Waals surface area contributed by atoms with Crippen molar-refractivity contribution in [1.82, 2.24) is 19.5 Å². The molecule has 0 spiro atoms.